The quantitative estimate of drug-likeness (QED) is 0.817. The normalized spacial score (nSPS) is 29.1. The Morgan fingerprint density at radius 3 is 2.12 bits per heavy atom. The van der Waals surface area contributed by atoms with Crippen molar-refractivity contribution in [3.05, 3.63) is 0 Å². The van der Waals surface area contributed by atoms with E-state index in [0.717, 1.165) is 19.4 Å². The fraction of sp³-hybridized carbons (Fsp3) is 1.00. The Balaban J connectivity index is 1.81. The van der Waals surface area contributed by atoms with Crippen molar-refractivity contribution in [3.8, 4) is 0 Å². The van der Waals surface area contributed by atoms with Gasteiger partial charge in [0.25, 0.3) is 0 Å². The van der Waals surface area contributed by atoms with E-state index in [1.54, 1.807) is 0 Å². The first-order chi connectivity index (χ1) is 8.05. The molecular weight excluding hydrogens is 210 g/mol. The molecule has 0 spiro atoms. The summed E-state index contributed by atoms with van der Waals surface area (Å²) in [5.41, 5.74) is 0.198. The lowest BCUT2D eigenvalue weighted by Gasteiger charge is -2.43. The van der Waals surface area contributed by atoms with Crippen molar-refractivity contribution < 1.29 is 5.11 Å². The van der Waals surface area contributed by atoms with E-state index in [9.17, 15) is 5.11 Å². The van der Waals surface area contributed by atoms with E-state index in [1.807, 2.05) is 0 Å². The van der Waals surface area contributed by atoms with Gasteiger partial charge in [0.05, 0.1) is 5.60 Å². The molecule has 1 saturated carbocycles. The van der Waals surface area contributed by atoms with Crippen molar-refractivity contribution in [2.75, 3.05) is 19.6 Å². The molecule has 2 fully saturated rings. The van der Waals surface area contributed by atoms with Crippen LogP contribution in [0.1, 0.15) is 65.2 Å². The highest BCUT2D eigenvalue weighted by Gasteiger charge is 2.34. The van der Waals surface area contributed by atoms with Crippen LogP contribution in [0.2, 0.25) is 0 Å². The highest BCUT2D eigenvalue weighted by atomic mass is 16.3. The van der Waals surface area contributed by atoms with Gasteiger partial charge in [-0.25, -0.2) is 0 Å². The molecule has 2 heteroatoms. The monoisotopic (exact) mass is 239 g/mol. The molecule has 0 bridgehead atoms. The molecule has 1 saturated heterocycles. The van der Waals surface area contributed by atoms with Gasteiger partial charge in [-0.05, 0) is 44.2 Å². The second-order valence-electron chi connectivity index (χ2n) is 6.73. The van der Waals surface area contributed by atoms with Crippen LogP contribution in [-0.2, 0) is 0 Å². The van der Waals surface area contributed by atoms with Crippen LogP contribution >= 0.6 is 0 Å². The number of β-amino-alcohol motifs (C(OH)–C–C–N with tert-alkyl or cyclic N) is 1. The molecule has 0 aromatic carbocycles. The molecule has 0 atom stereocenters. The van der Waals surface area contributed by atoms with Crippen LogP contribution in [0.5, 0.6) is 0 Å². The van der Waals surface area contributed by atoms with Crippen LogP contribution < -0.4 is 0 Å². The molecule has 0 unspecified atom stereocenters. The maximum atomic E-state index is 10.6. The van der Waals surface area contributed by atoms with Crippen molar-refractivity contribution in [1.29, 1.82) is 0 Å². The average molecular weight is 239 g/mol. The molecule has 0 aromatic heterocycles. The number of likely N-dealkylation sites (tertiary alicyclic amines) is 1. The van der Waals surface area contributed by atoms with Gasteiger partial charge in [-0.15, -0.1) is 0 Å². The van der Waals surface area contributed by atoms with Gasteiger partial charge < -0.3 is 10.0 Å². The van der Waals surface area contributed by atoms with Crippen LogP contribution in [0.3, 0.4) is 0 Å². The summed E-state index contributed by atoms with van der Waals surface area (Å²) in [5.74, 6) is 0. The van der Waals surface area contributed by atoms with Gasteiger partial charge in [0.1, 0.15) is 0 Å². The number of hydrogen-bond donors (Lipinski definition) is 1. The maximum Gasteiger partial charge on any atom is 0.0774 e. The minimum absolute atomic E-state index is 0.363. The minimum atomic E-state index is -0.363. The maximum absolute atomic E-state index is 10.6. The second kappa shape index (κ2) is 5.27. The summed E-state index contributed by atoms with van der Waals surface area (Å²) in [6, 6.07) is 0. The number of aliphatic hydroxyl groups is 1. The molecule has 0 amide bonds. The van der Waals surface area contributed by atoms with Gasteiger partial charge in [-0.1, -0.05) is 39.5 Å². The van der Waals surface area contributed by atoms with E-state index in [-0.39, 0.29) is 5.60 Å². The van der Waals surface area contributed by atoms with Crippen LogP contribution in [0.25, 0.3) is 0 Å². The topological polar surface area (TPSA) is 23.5 Å². The molecule has 0 radical (unpaired) electrons. The standard InChI is InChI=1S/C15H29NO/c1-3-14(2)9-11-16(12-10-14)13-15(17)7-5-4-6-8-15/h17H,3-13H2,1-2H3. The molecule has 1 heterocycles. The van der Waals surface area contributed by atoms with Crippen molar-refractivity contribution >= 4 is 0 Å². The van der Waals surface area contributed by atoms with E-state index < -0.39 is 0 Å². The summed E-state index contributed by atoms with van der Waals surface area (Å²) >= 11 is 0. The van der Waals surface area contributed by atoms with Crippen LogP contribution in [0.4, 0.5) is 0 Å². The Bertz CT molecular complexity index is 237. The molecule has 1 N–H and O–H groups in total. The minimum Gasteiger partial charge on any atom is -0.389 e. The van der Waals surface area contributed by atoms with Gasteiger partial charge in [-0.3, -0.25) is 0 Å². The summed E-state index contributed by atoms with van der Waals surface area (Å²) < 4.78 is 0. The predicted octanol–water partition coefficient (Wildman–Crippen LogP) is 3.19. The number of hydrogen-bond acceptors (Lipinski definition) is 2. The summed E-state index contributed by atoms with van der Waals surface area (Å²) in [4.78, 5) is 2.50. The van der Waals surface area contributed by atoms with E-state index in [1.165, 1.54) is 51.6 Å². The lowest BCUT2D eigenvalue weighted by molar-refractivity contribution is -0.0383. The smallest absolute Gasteiger partial charge is 0.0774 e. The van der Waals surface area contributed by atoms with Crippen molar-refractivity contribution in [1.82, 2.24) is 4.90 Å². The zero-order chi connectivity index (χ0) is 12.4. The number of piperidine rings is 1. The van der Waals surface area contributed by atoms with Gasteiger partial charge in [0.2, 0.25) is 0 Å². The molecule has 100 valence electrons. The zero-order valence-corrected chi connectivity index (χ0v) is 11.7. The van der Waals surface area contributed by atoms with E-state index >= 15 is 0 Å². The van der Waals surface area contributed by atoms with E-state index in [2.05, 4.69) is 18.7 Å². The summed E-state index contributed by atoms with van der Waals surface area (Å²) in [7, 11) is 0. The fourth-order valence-corrected chi connectivity index (χ4v) is 3.39. The molecule has 2 rings (SSSR count). The van der Waals surface area contributed by atoms with E-state index in [0.29, 0.717) is 5.41 Å². The van der Waals surface area contributed by atoms with Crippen LogP contribution in [-0.4, -0.2) is 35.2 Å². The molecule has 0 aromatic rings. The fourth-order valence-electron chi connectivity index (χ4n) is 3.39. The molecule has 17 heavy (non-hydrogen) atoms. The third kappa shape index (κ3) is 3.45. The Morgan fingerprint density at radius 2 is 1.59 bits per heavy atom. The molecule has 1 aliphatic heterocycles. The summed E-state index contributed by atoms with van der Waals surface area (Å²) in [6.07, 6.45) is 9.71. The highest BCUT2D eigenvalue weighted by molar-refractivity contribution is 4.89. The Morgan fingerprint density at radius 1 is 1.00 bits per heavy atom. The lowest BCUT2D eigenvalue weighted by atomic mass is 9.77. The van der Waals surface area contributed by atoms with Gasteiger partial charge in [-0.2, -0.15) is 0 Å². The van der Waals surface area contributed by atoms with Crippen molar-refractivity contribution in [2.24, 2.45) is 5.41 Å². The van der Waals surface area contributed by atoms with Crippen LogP contribution in [0.15, 0.2) is 0 Å². The molecule has 2 aliphatic rings. The summed E-state index contributed by atoms with van der Waals surface area (Å²) in [6.45, 7) is 8.02. The first-order valence-electron chi connectivity index (χ1n) is 7.50. The molecular formula is C15H29NO. The Kier molecular flexibility index (Phi) is 4.14. The van der Waals surface area contributed by atoms with Crippen LogP contribution in [0, 0.1) is 5.41 Å². The number of nitrogens with zero attached hydrogens (tertiary/aromatic N) is 1. The molecule has 2 nitrogen and oxygen atoms in total. The lowest BCUT2D eigenvalue weighted by Crippen LogP contribution is -2.48. The van der Waals surface area contributed by atoms with E-state index in [4.69, 9.17) is 0 Å². The van der Waals surface area contributed by atoms with Crippen molar-refractivity contribution in [2.45, 2.75) is 70.8 Å². The SMILES string of the molecule is CCC1(C)CCN(CC2(O)CCCCC2)CC1. The van der Waals surface area contributed by atoms with Gasteiger partial charge in [0, 0.05) is 6.54 Å². The summed E-state index contributed by atoms with van der Waals surface area (Å²) in [5, 5.41) is 10.6. The Labute approximate surface area is 106 Å². The molecule has 1 aliphatic carbocycles. The Hall–Kier alpha value is -0.0800. The largest absolute Gasteiger partial charge is 0.389 e. The highest BCUT2D eigenvalue weighted by Crippen LogP contribution is 2.35. The van der Waals surface area contributed by atoms with Gasteiger partial charge >= 0.3 is 0 Å². The third-order valence-corrected chi connectivity index (χ3v) is 5.22. The third-order valence-electron chi connectivity index (χ3n) is 5.22. The predicted molar refractivity (Wildman–Crippen MR) is 72.1 cm³/mol. The zero-order valence-electron chi connectivity index (χ0n) is 11.7. The van der Waals surface area contributed by atoms with Crippen molar-refractivity contribution in [3.63, 3.8) is 0 Å². The number of rotatable bonds is 3. The van der Waals surface area contributed by atoms with Gasteiger partial charge in [0.15, 0.2) is 0 Å². The first-order valence-corrected chi connectivity index (χ1v) is 7.50. The average Bonchev–Trinajstić information content (AvgIpc) is 2.33. The second-order valence-corrected chi connectivity index (χ2v) is 6.73. The first kappa shape index (κ1) is 13.4.